The number of pyridine rings is 1. The van der Waals surface area contributed by atoms with Crippen molar-refractivity contribution >= 4 is 5.82 Å². The highest BCUT2D eigenvalue weighted by atomic mass is 16.1. The number of nitrogens with zero attached hydrogens (tertiary/aromatic N) is 1. The summed E-state index contributed by atoms with van der Waals surface area (Å²) in [4.78, 5) is 16.0. The van der Waals surface area contributed by atoms with Gasteiger partial charge in [0.25, 0.3) is 0 Å². The highest BCUT2D eigenvalue weighted by molar-refractivity contribution is 5.34. The maximum atomic E-state index is 11.2. The van der Waals surface area contributed by atoms with Gasteiger partial charge in [-0.2, -0.15) is 0 Å². The van der Waals surface area contributed by atoms with E-state index < -0.39 is 0 Å². The summed E-state index contributed by atoms with van der Waals surface area (Å²) in [5, 5.41) is 0. The molecule has 0 aromatic carbocycles. The van der Waals surface area contributed by atoms with Gasteiger partial charge >= 0.3 is 0 Å². The van der Waals surface area contributed by atoms with E-state index in [1.54, 1.807) is 6.07 Å². The topological polar surface area (TPSA) is 62.1 Å². The molecule has 1 aromatic heterocycles. The first-order valence-electron chi connectivity index (χ1n) is 4.83. The molecule has 1 fully saturated rings. The van der Waals surface area contributed by atoms with Crippen molar-refractivity contribution in [2.24, 2.45) is 0 Å². The Morgan fingerprint density at radius 3 is 2.93 bits per heavy atom. The Kier molecular flexibility index (Phi) is 2.29. The molecule has 0 amide bonds. The van der Waals surface area contributed by atoms with E-state index in [2.05, 4.69) is 16.9 Å². The average Bonchev–Trinajstić information content (AvgIpc) is 2.50. The summed E-state index contributed by atoms with van der Waals surface area (Å²) in [7, 11) is 2.09. The van der Waals surface area contributed by atoms with Gasteiger partial charge in [0.15, 0.2) is 0 Å². The van der Waals surface area contributed by atoms with Gasteiger partial charge in [0.05, 0.1) is 0 Å². The second-order valence-electron chi connectivity index (χ2n) is 3.98. The average molecular weight is 193 g/mol. The molecular weight excluding hydrogens is 178 g/mol. The molecule has 1 unspecified atom stereocenters. The Hall–Kier alpha value is -1.29. The van der Waals surface area contributed by atoms with Gasteiger partial charge < -0.3 is 15.6 Å². The van der Waals surface area contributed by atoms with Gasteiger partial charge in [-0.15, -0.1) is 0 Å². The van der Waals surface area contributed by atoms with Crippen molar-refractivity contribution in [3.05, 3.63) is 28.0 Å². The van der Waals surface area contributed by atoms with Crippen molar-refractivity contribution in [3.63, 3.8) is 0 Å². The number of aromatic nitrogens is 1. The molecule has 0 saturated carbocycles. The first-order chi connectivity index (χ1) is 6.65. The molecule has 76 valence electrons. The quantitative estimate of drug-likeness (QED) is 0.677. The molecule has 2 rings (SSSR count). The molecule has 1 saturated heterocycles. The summed E-state index contributed by atoms with van der Waals surface area (Å²) >= 11 is 0. The molecule has 4 nitrogen and oxygen atoms in total. The lowest BCUT2D eigenvalue weighted by Gasteiger charge is -2.10. The second-order valence-corrected chi connectivity index (χ2v) is 3.98. The van der Waals surface area contributed by atoms with Crippen LogP contribution in [0.2, 0.25) is 0 Å². The van der Waals surface area contributed by atoms with Crippen LogP contribution in [0.5, 0.6) is 0 Å². The summed E-state index contributed by atoms with van der Waals surface area (Å²) in [5.74, 6) is 0.923. The van der Waals surface area contributed by atoms with E-state index in [9.17, 15) is 4.79 Å². The summed E-state index contributed by atoms with van der Waals surface area (Å²) in [6.07, 6.45) is 1.11. The van der Waals surface area contributed by atoms with Gasteiger partial charge in [0.1, 0.15) is 5.82 Å². The zero-order chi connectivity index (χ0) is 10.1. The standard InChI is InChI=1S/C10H15N3O/c1-13-3-2-7(6-13)8-4-9(11)12-10(14)5-8/h4-5,7H,2-3,6H2,1H3,(H3,11,12,14). The largest absolute Gasteiger partial charge is 0.385 e. The predicted molar refractivity (Wildman–Crippen MR) is 56.3 cm³/mol. The van der Waals surface area contributed by atoms with Crippen molar-refractivity contribution in [2.75, 3.05) is 25.9 Å². The lowest BCUT2D eigenvalue weighted by molar-refractivity contribution is 0.411. The number of aromatic amines is 1. The van der Waals surface area contributed by atoms with Gasteiger partial charge in [0.2, 0.25) is 5.56 Å². The molecule has 0 aliphatic carbocycles. The summed E-state index contributed by atoms with van der Waals surface area (Å²) in [6.45, 7) is 2.11. The highest BCUT2D eigenvalue weighted by Crippen LogP contribution is 2.25. The molecule has 1 aliphatic heterocycles. The number of anilines is 1. The number of nitrogen functional groups attached to an aromatic ring is 1. The fourth-order valence-electron chi connectivity index (χ4n) is 2.03. The third kappa shape index (κ3) is 1.80. The minimum atomic E-state index is -0.102. The number of H-pyrrole nitrogens is 1. The maximum absolute atomic E-state index is 11.2. The van der Waals surface area contributed by atoms with Crippen LogP contribution < -0.4 is 11.3 Å². The minimum Gasteiger partial charge on any atom is -0.385 e. The second kappa shape index (κ2) is 3.46. The Morgan fingerprint density at radius 1 is 1.57 bits per heavy atom. The van der Waals surface area contributed by atoms with E-state index >= 15 is 0 Å². The van der Waals surface area contributed by atoms with E-state index in [-0.39, 0.29) is 5.56 Å². The zero-order valence-corrected chi connectivity index (χ0v) is 8.29. The number of nitrogens with one attached hydrogen (secondary N) is 1. The molecule has 0 bridgehead atoms. The van der Waals surface area contributed by atoms with Crippen LogP contribution in [-0.2, 0) is 0 Å². The van der Waals surface area contributed by atoms with Crippen molar-refractivity contribution in [1.82, 2.24) is 9.88 Å². The number of rotatable bonds is 1. The number of nitrogens with two attached hydrogens (primary N) is 1. The van der Waals surface area contributed by atoms with Crippen LogP contribution in [-0.4, -0.2) is 30.0 Å². The highest BCUT2D eigenvalue weighted by Gasteiger charge is 2.21. The molecule has 1 aliphatic rings. The molecule has 0 radical (unpaired) electrons. The van der Waals surface area contributed by atoms with Crippen LogP contribution >= 0.6 is 0 Å². The van der Waals surface area contributed by atoms with Crippen molar-refractivity contribution < 1.29 is 0 Å². The Morgan fingerprint density at radius 2 is 2.36 bits per heavy atom. The molecule has 3 N–H and O–H groups in total. The minimum absolute atomic E-state index is 0.102. The zero-order valence-electron chi connectivity index (χ0n) is 8.29. The molecule has 0 spiro atoms. The fraction of sp³-hybridized carbons (Fsp3) is 0.500. The first kappa shape index (κ1) is 9.27. The Labute approximate surface area is 82.7 Å². The number of likely N-dealkylation sites (N-methyl/N-ethyl adjacent to an activating group) is 1. The van der Waals surface area contributed by atoms with Crippen molar-refractivity contribution in [2.45, 2.75) is 12.3 Å². The molecule has 4 heteroatoms. The van der Waals surface area contributed by atoms with Crippen molar-refractivity contribution in [1.29, 1.82) is 0 Å². The third-order valence-electron chi connectivity index (χ3n) is 2.75. The summed E-state index contributed by atoms with van der Waals surface area (Å²) < 4.78 is 0. The van der Waals surface area contributed by atoms with Crippen LogP contribution in [0.15, 0.2) is 16.9 Å². The van der Waals surface area contributed by atoms with Gasteiger partial charge in [0, 0.05) is 12.6 Å². The lowest BCUT2D eigenvalue weighted by Crippen LogP contribution is -2.15. The number of hydrogen-bond acceptors (Lipinski definition) is 3. The SMILES string of the molecule is CN1CCC(c2cc(N)[nH]c(=O)c2)C1. The van der Waals surface area contributed by atoms with Crippen LogP contribution in [0.1, 0.15) is 17.9 Å². The summed E-state index contributed by atoms with van der Waals surface area (Å²) in [5.41, 5.74) is 6.56. The lowest BCUT2D eigenvalue weighted by atomic mass is 9.99. The van der Waals surface area contributed by atoms with E-state index in [1.807, 2.05) is 6.07 Å². The van der Waals surface area contributed by atoms with E-state index in [0.29, 0.717) is 11.7 Å². The molecule has 1 aromatic rings. The Bertz CT molecular complexity index is 385. The van der Waals surface area contributed by atoms with Crippen LogP contribution in [0.3, 0.4) is 0 Å². The van der Waals surface area contributed by atoms with Gasteiger partial charge in [-0.05, 0) is 37.6 Å². The number of hydrogen-bond donors (Lipinski definition) is 2. The van der Waals surface area contributed by atoms with Crippen LogP contribution in [0, 0.1) is 0 Å². The molecule has 2 heterocycles. The van der Waals surface area contributed by atoms with E-state index in [4.69, 9.17) is 5.73 Å². The molecule has 14 heavy (non-hydrogen) atoms. The molecular formula is C10H15N3O. The van der Waals surface area contributed by atoms with Crippen molar-refractivity contribution in [3.8, 4) is 0 Å². The smallest absolute Gasteiger partial charge is 0.249 e. The summed E-state index contributed by atoms with van der Waals surface area (Å²) in [6, 6.07) is 3.52. The van der Waals surface area contributed by atoms with Gasteiger partial charge in [-0.1, -0.05) is 0 Å². The monoisotopic (exact) mass is 193 g/mol. The van der Waals surface area contributed by atoms with Gasteiger partial charge in [-0.25, -0.2) is 0 Å². The fourth-order valence-corrected chi connectivity index (χ4v) is 2.03. The first-order valence-corrected chi connectivity index (χ1v) is 4.83. The van der Waals surface area contributed by atoms with Crippen LogP contribution in [0.25, 0.3) is 0 Å². The normalized spacial score (nSPS) is 22.8. The van der Waals surface area contributed by atoms with Gasteiger partial charge in [-0.3, -0.25) is 4.79 Å². The van der Waals surface area contributed by atoms with E-state index in [0.717, 1.165) is 25.1 Å². The van der Waals surface area contributed by atoms with E-state index in [1.165, 1.54) is 0 Å². The molecule has 1 atom stereocenters. The predicted octanol–water partition coefficient (Wildman–Crippen LogP) is 0.376. The number of likely N-dealkylation sites (tertiary alicyclic amines) is 1. The van der Waals surface area contributed by atoms with Crippen LogP contribution in [0.4, 0.5) is 5.82 Å². The Balaban J connectivity index is 2.28. The third-order valence-corrected chi connectivity index (χ3v) is 2.75. The maximum Gasteiger partial charge on any atom is 0.249 e.